The van der Waals surface area contributed by atoms with Crippen LogP contribution in [0, 0.1) is 5.92 Å². The number of nitrogens with zero attached hydrogens (tertiary/aromatic N) is 4. The zero-order valence-corrected chi connectivity index (χ0v) is 13.8. The molecule has 6 heteroatoms. The van der Waals surface area contributed by atoms with Crippen molar-refractivity contribution in [2.24, 2.45) is 5.92 Å². The number of anilines is 1. The van der Waals surface area contributed by atoms with E-state index in [1.807, 2.05) is 24.8 Å². The molecule has 1 fully saturated rings. The van der Waals surface area contributed by atoms with Gasteiger partial charge in [-0.15, -0.1) is 0 Å². The van der Waals surface area contributed by atoms with Crippen LogP contribution in [0.15, 0.2) is 12.3 Å². The normalized spacial score (nSPS) is 15.7. The second kappa shape index (κ2) is 7.96. The lowest BCUT2D eigenvalue weighted by atomic mass is 9.93. The van der Waals surface area contributed by atoms with Crippen LogP contribution < -0.4 is 9.64 Å². The van der Waals surface area contributed by atoms with E-state index < -0.39 is 0 Å². The third-order valence-electron chi connectivity index (χ3n) is 4.32. The van der Waals surface area contributed by atoms with Crippen LogP contribution in [0.3, 0.4) is 0 Å². The second-order valence-corrected chi connectivity index (χ2v) is 5.60. The molecule has 0 N–H and O–H groups in total. The molecule has 1 aromatic rings. The minimum Gasteiger partial charge on any atom is -0.467 e. The predicted molar refractivity (Wildman–Crippen MR) is 86.1 cm³/mol. The van der Waals surface area contributed by atoms with Gasteiger partial charge in [-0.05, 0) is 38.7 Å². The Morgan fingerprint density at radius 2 is 2.05 bits per heavy atom. The Balaban J connectivity index is 1.86. The van der Waals surface area contributed by atoms with Crippen LogP contribution in [-0.4, -0.2) is 54.1 Å². The SMILES string of the molecule is CCN(CC)C(=O)CC1CCN(c2ccnc(OC)n2)CC1. The molecular weight excluding hydrogens is 280 g/mol. The molecule has 1 amide bonds. The van der Waals surface area contributed by atoms with Crippen molar-refractivity contribution in [3.63, 3.8) is 0 Å². The van der Waals surface area contributed by atoms with Crippen LogP contribution in [-0.2, 0) is 4.79 Å². The number of ether oxygens (including phenoxy) is 1. The fraction of sp³-hybridized carbons (Fsp3) is 0.688. The molecule has 1 saturated heterocycles. The summed E-state index contributed by atoms with van der Waals surface area (Å²) in [5.74, 6) is 1.67. The zero-order valence-electron chi connectivity index (χ0n) is 13.8. The topological polar surface area (TPSA) is 58.6 Å². The van der Waals surface area contributed by atoms with Crippen LogP contribution in [0.2, 0.25) is 0 Å². The number of hydrogen-bond donors (Lipinski definition) is 0. The van der Waals surface area contributed by atoms with Crippen LogP contribution in [0.5, 0.6) is 6.01 Å². The van der Waals surface area contributed by atoms with Crippen molar-refractivity contribution in [3.05, 3.63) is 12.3 Å². The minimum absolute atomic E-state index is 0.284. The summed E-state index contributed by atoms with van der Waals surface area (Å²) in [5.41, 5.74) is 0. The van der Waals surface area contributed by atoms with Crippen molar-refractivity contribution in [2.75, 3.05) is 38.2 Å². The van der Waals surface area contributed by atoms with E-state index in [1.165, 1.54) is 0 Å². The summed E-state index contributed by atoms with van der Waals surface area (Å²) in [6.07, 6.45) is 4.44. The lowest BCUT2D eigenvalue weighted by Gasteiger charge is -2.33. The Morgan fingerprint density at radius 3 is 2.64 bits per heavy atom. The summed E-state index contributed by atoms with van der Waals surface area (Å²) >= 11 is 0. The molecule has 1 aliphatic rings. The number of carbonyl (C=O) groups excluding carboxylic acids is 1. The van der Waals surface area contributed by atoms with Crippen molar-refractivity contribution < 1.29 is 9.53 Å². The number of carbonyl (C=O) groups is 1. The zero-order chi connectivity index (χ0) is 15.9. The molecule has 0 spiro atoms. The molecule has 0 radical (unpaired) electrons. The van der Waals surface area contributed by atoms with Gasteiger partial charge in [-0.25, -0.2) is 4.98 Å². The molecule has 0 aliphatic carbocycles. The maximum Gasteiger partial charge on any atom is 0.318 e. The van der Waals surface area contributed by atoms with Gasteiger partial charge in [-0.3, -0.25) is 4.79 Å². The Hall–Kier alpha value is -1.85. The Morgan fingerprint density at radius 1 is 1.36 bits per heavy atom. The van der Waals surface area contributed by atoms with Crippen molar-refractivity contribution in [2.45, 2.75) is 33.1 Å². The van der Waals surface area contributed by atoms with Crippen molar-refractivity contribution in [1.82, 2.24) is 14.9 Å². The highest BCUT2D eigenvalue weighted by Crippen LogP contribution is 2.25. The quantitative estimate of drug-likeness (QED) is 0.804. The third-order valence-corrected chi connectivity index (χ3v) is 4.32. The highest BCUT2D eigenvalue weighted by Gasteiger charge is 2.24. The first-order chi connectivity index (χ1) is 10.7. The molecule has 0 atom stereocenters. The maximum atomic E-state index is 12.2. The molecule has 1 aliphatic heterocycles. The summed E-state index contributed by atoms with van der Waals surface area (Å²) in [6.45, 7) is 7.52. The summed E-state index contributed by atoms with van der Waals surface area (Å²) < 4.78 is 5.07. The molecular formula is C16H26N4O2. The number of aromatic nitrogens is 2. The molecule has 0 unspecified atom stereocenters. The first-order valence-corrected chi connectivity index (χ1v) is 8.07. The number of amides is 1. The van der Waals surface area contributed by atoms with E-state index in [0.717, 1.165) is 44.8 Å². The van der Waals surface area contributed by atoms with Gasteiger partial charge in [0.25, 0.3) is 0 Å². The average Bonchev–Trinajstić information content (AvgIpc) is 2.56. The van der Waals surface area contributed by atoms with E-state index in [-0.39, 0.29) is 5.91 Å². The lowest BCUT2D eigenvalue weighted by molar-refractivity contribution is -0.131. The van der Waals surface area contributed by atoms with Crippen LogP contribution in [0.1, 0.15) is 33.1 Å². The molecule has 2 heterocycles. The number of rotatable bonds is 6. The van der Waals surface area contributed by atoms with Crippen molar-refractivity contribution in [3.8, 4) is 6.01 Å². The van der Waals surface area contributed by atoms with Crippen molar-refractivity contribution >= 4 is 11.7 Å². The van der Waals surface area contributed by atoms with Crippen LogP contribution >= 0.6 is 0 Å². The highest BCUT2D eigenvalue weighted by molar-refractivity contribution is 5.76. The minimum atomic E-state index is 0.284. The lowest BCUT2D eigenvalue weighted by Crippen LogP contribution is -2.37. The van der Waals surface area contributed by atoms with Crippen LogP contribution in [0.4, 0.5) is 5.82 Å². The van der Waals surface area contributed by atoms with Gasteiger partial charge in [0.15, 0.2) is 0 Å². The fourth-order valence-electron chi connectivity index (χ4n) is 2.92. The number of piperidine rings is 1. The van der Waals surface area contributed by atoms with Gasteiger partial charge >= 0.3 is 6.01 Å². The first-order valence-electron chi connectivity index (χ1n) is 8.07. The molecule has 122 valence electrons. The molecule has 1 aromatic heterocycles. The maximum absolute atomic E-state index is 12.2. The standard InChI is InChI=1S/C16H26N4O2/c1-4-19(5-2)15(21)12-13-7-10-20(11-8-13)14-6-9-17-16(18-14)22-3/h6,9,13H,4-5,7-8,10-12H2,1-3H3. The summed E-state index contributed by atoms with van der Waals surface area (Å²) in [6, 6.07) is 2.31. The summed E-state index contributed by atoms with van der Waals surface area (Å²) in [7, 11) is 1.57. The monoisotopic (exact) mass is 306 g/mol. The van der Waals surface area contributed by atoms with Crippen LogP contribution in [0.25, 0.3) is 0 Å². The largest absolute Gasteiger partial charge is 0.467 e. The number of methoxy groups -OCH3 is 1. The van der Waals surface area contributed by atoms with E-state index in [4.69, 9.17) is 4.74 Å². The Bertz CT molecular complexity index is 483. The van der Waals surface area contributed by atoms with E-state index in [0.29, 0.717) is 18.3 Å². The van der Waals surface area contributed by atoms with Gasteiger partial charge in [0.05, 0.1) is 7.11 Å². The highest BCUT2D eigenvalue weighted by atomic mass is 16.5. The molecule has 0 bridgehead atoms. The summed E-state index contributed by atoms with van der Waals surface area (Å²) in [5, 5.41) is 0. The Labute approximate surface area is 132 Å². The first kappa shape index (κ1) is 16.5. The number of hydrogen-bond acceptors (Lipinski definition) is 5. The summed E-state index contributed by atoms with van der Waals surface area (Å²) in [4.78, 5) is 24.7. The van der Waals surface area contributed by atoms with Gasteiger partial charge in [0.2, 0.25) is 5.91 Å². The third kappa shape index (κ3) is 4.08. The fourth-order valence-corrected chi connectivity index (χ4v) is 2.92. The smallest absolute Gasteiger partial charge is 0.318 e. The van der Waals surface area contributed by atoms with E-state index in [2.05, 4.69) is 14.9 Å². The van der Waals surface area contributed by atoms with Crippen molar-refractivity contribution in [1.29, 1.82) is 0 Å². The van der Waals surface area contributed by atoms with Gasteiger partial charge in [-0.2, -0.15) is 4.98 Å². The predicted octanol–water partition coefficient (Wildman–Crippen LogP) is 1.96. The molecule has 2 rings (SSSR count). The Kier molecular flexibility index (Phi) is 5.98. The average molecular weight is 306 g/mol. The second-order valence-electron chi connectivity index (χ2n) is 5.60. The van der Waals surface area contributed by atoms with E-state index in [1.54, 1.807) is 13.3 Å². The molecule has 0 aromatic carbocycles. The van der Waals surface area contributed by atoms with E-state index in [9.17, 15) is 4.79 Å². The van der Waals surface area contributed by atoms with Gasteiger partial charge < -0.3 is 14.5 Å². The molecule has 0 saturated carbocycles. The molecule has 22 heavy (non-hydrogen) atoms. The molecule has 6 nitrogen and oxygen atoms in total. The van der Waals surface area contributed by atoms with E-state index >= 15 is 0 Å². The van der Waals surface area contributed by atoms with Gasteiger partial charge in [0.1, 0.15) is 5.82 Å². The van der Waals surface area contributed by atoms with Gasteiger partial charge in [-0.1, -0.05) is 0 Å². The van der Waals surface area contributed by atoms with Gasteiger partial charge in [0, 0.05) is 38.8 Å².